The van der Waals surface area contributed by atoms with Gasteiger partial charge in [0.2, 0.25) is 5.78 Å². The maximum Gasteiger partial charge on any atom is 0.232 e. The highest BCUT2D eigenvalue weighted by Gasteiger charge is 2.34. The second-order valence-corrected chi connectivity index (χ2v) is 23.0. The standard InChI is InChI=1S/C25H22N2O3.C23H24N4O3.C22H22N4O3/c1-14-12-26-15(2)19(14)10-20-22(29-3)9-8-18-24(28)23(30-25(18)20)11-21-17-7-5-4-6-16(17)13-27-21;1-29-19-7-6-17-21(28)20(13-18-15-3-2-10-25-23(15)27-26-18)30-22(17)16(19)5-4-14-8-11-24-12-9-14;1-28-18-5-4-15-20(27)19(12-17-14-3-2-8-24-22(14)26-25-17)29-21(15)16(18)11-13-6-9-23-10-7-13/h4-9,11H,10,12-13H2,1-3H3;2-3,6-7,10,13-14,24,28H,4-5,8-9,11-12H2,1H3;2-5,8,12-13,23,27H,6-7,9-11H2,1H3/b23-11-;;. The number of hydrogen-bond acceptors (Lipinski definition) is 19. The van der Waals surface area contributed by atoms with E-state index in [1.54, 1.807) is 58.0 Å². The molecule has 0 bridgehead atoms. The number of aromatic nitrogens is 2. The molecule has 11 heterocycles. The number of ether oxygens (including phenoxy) is 4. The van der Waals surface area contributed by atoms with E-state index < -0.39 is 0 Å². The van der Waals surface area contributed by atoms with E-state index >= 15 is 0 Å². The highest BCUT2D eigenvalue weighted by molar-refractivity contribution is 6.19. The molecule has 7 aliphatic rings. The molecule has 452 valence electrons. The van der Waals surface area contributed by atoms with Crippen LogP contribution in [0.15, 0.2) is 160 Å². The molecule has 4 N–H and O–H groups in total. The summed E-state index contributed by atoms with van der Waals surface area (Å²) < 4.78 is 35.3. The molecule has 0 amide bonds. The number of azo groups is 2. The lowest BCUT2D eigenvalue weighted by Gasteiger charge is -2.23. The Labute approximate surface area is 514 Å². The molecule has 2 saturated heterocycles. The van der Waals surface area contributed by atoms with Gasteiger partial charge in [-0.25, -0.2) is 9.97 Å². The topological polar surface area (TPSA) is 245 Å². The number of aromatic hydroxyl groups is 2. The Balaban J connectivity index is 0.000000123. The molecule has 8 aromatic rings. The lowest BCUT2D eigenvalue weighted by Crippen LogP contribution is -2.28. The van der Waals surface area contributed by atoms with E-state index in [9.17, 15) is 15.0 Å². The fraction of sp³-hybridized carbons (Fsp3) is 0.300. The van der Waals surface area contributed by atoms with Crippen LogP contribution < -0.4 is 29.6 Å². The van der Waals surface area contributed by atoms with Gasteiger partial charge in [-0.1, -0.05) is 24.3 Å². The van der Waals surface area contributed by atoms with Crippen LogP contribution in [0.3, 0.4) is 0 Å². The molecule has 0 aliphatic carbocycles. The first-order chi connectivity index (χ1) is 43.5. The van der Waals surface area contributed by atoms with Crippen molar-refractivity contribution in [2.75, 3.05) is 54.1 Å². The summed E-state index contributed by atoms with van der Waals surface area (Å²) in [6.07, 6.45) is 16.6. The fourth-order valence-electron chi connectivity index (χ4n) is 12.7. The van der Waals surface area contributed by atoms with Crippen molar-refractivity contribution >= 4 is 74.3 Å². The number of nitrogens with one attached hydrogen (secondary N) is 2. The number of aliphatic imine (C=N–C) groups is 2. The highest BCUT2D eigenvalue weighted by atomic mass is 16.5. The number of pyridine rings is 2. The van der Waals surface area contributed by atoms with Crippen LogP contribution in [0.4, 0.5) is 11.6 Å². The molecular weight excluding hydrogens is 1120 g/mol. The second-order valence-electron chi connectivity index (χ2n) is 23.0. The predicted octanol–water partition coefficient (Wildman–Crippen LogP) is 14.2. The minimum Gasteiger partial charge on any atom is -0.504 e. The van der Waals surface area contributed by atoms with Gasteiger partial charge in [0.05, 0.1) is 56.5 Å². The third-order valence-electron chi connectivity index (χ3n) is 17.6. The molecular formula is C70H68N10O9. The summed E-state index contributed by atoms with van der Waals surface area (Å²) in [6, 6.07) is 26.7. The number of aryl methyl sites for hydroxylation is 1. The molecule has 7 aliphatic heterocycles. The van der Waals surface area contributed by atoms with Crippen LogP contribution >= 0.6 is 0 Å². The SMILES string of the molecule is COc1ccc2c(O)c(C=C3N=Nc4ncccc43)oc2c1CC1CCNCC1.COc1ccc2c(O)c(C=C3N=Nc4ncccc43)oc2c1CCC1CCNCC1.COc1ccc2c(c1CC1=C(C)CN=C1C)O/C(=C\C1=NCc3ccccc31)C2=O. The first kappa shape index (κ1) is 58.2. The Morgan fingerprint density at radius 2 is 1.16 bits per heavy atom. The number of fused-ring (bicyclic) bond motifs is 6. The van der Waals surface area contributed by atoms with Crippen LogP contribution in [-0.4, -0.2) is 91.4 Å². The average Bonchev–Trinajstić information content (AvgIpc) is 2.02. The van der Waals surface area contributed by atoms with Crippen LogP contribution in [0.25, 0.3) is 45.5 Å². The zero-order valence-electron chi connectivity index (χ0n) is 50.4. The quantitative estimate of drug-likeness (QED) is 0.0786. The Hall–Kier alpha value is -9.85. The third kappa shape index (κ3) is 11.7. The van der Waals surface area contributed by atoms with E-state index in [-0.39, 0.29) is 17.3 Å². The van der Waals surface area contributed by atoms with Crippen LogP contribution in [0.2, 0.25) is 0 Å². The van der Waals surface area contributed by atoms with Crippen molar-refractivity contribution in [1.29, 1.82) is 0 Å². The van der Waals surface area contributed by atoms with Crippen LogP contribution in [0.1, 0.15) is 107 Å². The summed E-state index contributed by atoms with van der Waals surface area (Å²) in [7, 11) is 4.98. The molecule has 19 heteroatoms. The number of methoxy groups -OCH3 is 3. The van der Waals surface area contributed by atoms with Crippen molar-refractivity contribution in [3.05, 3.63) is 176 Å². The molecule has 0 radical (unpaired) electrons. The Kier molecular flexibility index (Phi) is 16.6. The van der Waals surface area contributed by atoms with E-state index in [2.05, 4.69) is 64.0 Å². The molecule has 0 spiro atoms. The largest absolute Gasteiger partial charge is 0.504 e. The Morgan fingerprint density at radius 1 is 0.596 bits per heavy atom. The van der Waals surface area contributed by atoms with E-state index in [0.717, 1.165) is 127 Å². The van der Waals surface area contributed by atoms with Crippen LogP contribution in [0.5, 0.6) is 34.5 Å². The minimum atomic E-state index is -0.122. The van der Waals surface area contributed by atoms with Gasteiger partial charge < -0.3 is 48.6 Å². The van der Waals surface area contributed by atoms with Gasteiger partial charge in [-0.15, -0.1) is 20.5 Å². The monoisotopic (exact) mass is 1190 g/mol. The van der Waals surface area contributed by atoms with Gasteiger partial charge in [0, 0.05) is 76.1 Å². The zero-order chi connectivity index (χ0) is 61.1. The number of piperidine rings is 2. The lowest BCUT2D eigenvalue weighted by molar-refractivity contribution is 0.101. The Bertz CT molecular complexity index is 4360. The van der Waals surface area contributed by atoms with E-state index in [1.165, 1.54) is 24.0 Å². The summed E-state index contributed by atoms with van der Waals surface area (Å²) in [5.41, 5.74) is 14.1. The molecule has 0 unspecified atom stereocenters. The average molecular weight is 1190 g/mol. The summed E-state index contributed by atoms with van der Waals surface area (Å²) in [5.74, 6) is 6.41. The first-order valence-corrected chi connectivity index (χ1v) is 30.2. The number of furan rings is 2. The summed E-state index contributed by atoms with van der Waals surface area (Å²) in [5, 5.41) is 46.4. The number of allylic oxidation sites excluding steroid dienone is 3. The predicted molar refractivity (Wildman–Crippen MR) is 342 cm³/mol. The summed E-state index contributed by atoms with van der Waals surface area (Å²) in [6.45, 7) is 9.69. The van der Waals surface area contributed by atoms with Gasteiger partial charge in [-0.2, -0.15) is 0 Å². The van der Waals surface area contributed by atoms with Gasteiger partial charge >= 0.3 is 0 Å². The van der Waals surface area contributed by atoms with Crippen molar-refractivity contribution in [3.63, 3.8) is 0 Å². The molecule has 0 saturated carbocycles. The second kappa shape index (κ2) is 25.5. The molecule has 19 nitrogen and oxygen atoms in total. The molecule has 4 aromatic carbocycles. The number of nitrogens with zero attached hydrogens (tertiary/aromatic N) is 8. The number of rotatable bonds is 13. The van der Waals surface area contributed by atoms with Crippen molar-refractivity contribution in [1.82, 2.24) is 20.6 Å². The summed E-state index contributed by atoms with van der Waals surface area (Å²) in [4.78, 5) is 30.6. The number of Topliss-reactive ketones (excluding diaryl/α,β-unsaturated/α-hetero) is 1. The maximum atomic E-state index is 13.1. The van der Waals surface area contributed by atoms with Gasteiger partial charge in [-0.3, -0.25) is 14.8 Å². The van der Waals surface area contributed by atoms with Crippen molar-refractivity contribution in [2.24, 2.45) is 42.3 Å². The molecule has 4 aromatic heterocycles. The zero-order valence-corrected chi connectivity index (χ0v) is 50.4. The van der Waals surface area contributed by atoms with Gasteiger partial charge in [0.15, 0.2) is 40.4 Å². The number of ketones is 1. The van der Waals surface area contributed by atoms with E-state index in [0.29, 0.717) is 104 Å². The molecule has 0 atom stereocenters. The van der Waals surface area contributed by atoms with Crippen LogP contribution in [0, 0.1) is 11.8 Å². The normalized spacial score (nSPS) is 18.0. The lowest BCUT2D eigenvalue weighted by atomic mass is 9.90. The highest BCUT2D eigenvalue weighted by Crippen LogP contribution is 2.46. The molecule has 2 fully saturated rings. The van der Waals surface area contributed by atoms with Crippen molar-refractivity contribution in [3.8, 4) is 34.5 Å². The number of carbonyl (C=O) groups excluding carboxylic acids is 1. The maximum absolute atomic E-state index is 13.1. The third-order valence-corrected chi connectivity index (χ3v) is 17.6. The van der Waals surface area contributed by atoms with E-state index in [1.807, 2.05) is 79.7 Å². The number of carbonyl (C=O) groups is 1. The van der Waals surface area contributed by atoms with Crippen LogP contribution in [-0.2, 0) is 25.8 Å². The number of hydrogen-bond donors (Lipinski definition) is 4. The Morgan fingerprint density at radius 3 is 1.76 bits per heavy atom. The van der Waals surface area contributed by atoms with Gasteiger partial charge in [0.25, 0.3) is 0 Å². The molecule has 15 rings (SSSR count). The van der Waals surface area contributed by atoms with Crippen molar-refractivity contribution < 1.29 is 42.8 Å². The smallest absolute Gasteiger partial charge is 0.232 e. The van der Waals surface area contributed by atoms with Gasteiger partial charge in [0.1, 0.15) is 45.6 Å². The fourth-order valence-corrected chi connectivity index (χ4v) is 12.7. The van der Waals surface area contributed by atoms with Crippen molar-refractivity contribution in [2.45, 2.75) is 71.8 Å². The first-order valence-electron chi connectivity index (χ1n) is 30.2. The minimum absolute atomic E-state index is 0.106. The van der Waals surface area contributed by atoms with E-state index in [4.69, 9.17) is 27.8 Å². The molecule has 89 heavy (non-hydrogen) atoms. The number of benzene rings is 4. The summed E-state index contributed by atoms with van der Waals surface area (Å²) >= 11 is 0. The van der Waals surface area contributed by atoms with Gasteiger partial charge in [-0.05, 0) is 174 Å².